The summed E-state index contributed by atoms with van der Waals surface area (Å²) in [4.78, 5) is 20.3. The van der Waals surface area contributed by atoms with Crippen molar-refractivity contribution in [3.63, 3.8) is 0 Å². The molecule has 7 nitrogen and oxygen atoms in total. The number of amides is 2. The highest BCUT2D eigenvalue weighted by atomic mass is 35.5. The number of nitrogens with one attached hydrogen (secondary N) is 1. The lowest BCUT2D eigenvalue weighted by Crippen LogP contribution is -2.44. The predicted octanol–water partition coefficient (Wildman–Crippen LogP) is 2.45. The van der Waals surface area contributed by atoms with Gasteiger partial charge in [0.15, 0.2) is 0 Å². The standard InChI is InChI=1S/C16H20ClN5O2/c1-11-8-13(20-24-11)9-21(2)16(23)19-12-5-7-22(10-12)15-14(17)4-3-6-18-15/h3-4,6,8,12H,5,7,9-10H2,1-2H3,(H,19,23). The van der Waals surface area contributed by atoms with Crippen LogP contribution in [0.4, 0.5) is 10.6 Å². The highest BCUT2D eigenvalue weighted by molar-refractivity contribution is 6.32. The van der Waals surface area contributed by atoms with E-state index in [-0.39, 0.29) is 12.1 Å². The Hall–Kier alpha value is -2.28. The Bertz CT molecular complexity index is 720. The summed E-state index contributed by atoms with van der Waals surface area (Å²) in [6.07, 6.45) is 2.58. The van der Waals surface area contributed by atoms with Crippen LogP contribution < -0.4 is 10.2 Å². The summed E-state index contributed by atoms with van der Waals surface area (Å²) in [6.45, 7) is 3.74. The van der Waals surface area contributed by atoms with Crippen molar-refractivity contribution < 1.29 is 9.32 Å². The van der Waals surface area contributed by atoms with Crippen LogP contribution in [0.5, 0.6) is 0 Å². The minimum absolute atomic E-state index is 0.0667. The summed E-state index contributed by atoms with van der Waals surface area (Å²) in [5, 5.41) is 7.57. The number of aromatic nitrogens is 2. The molecule has 8 heteroatoms. The van der Waals surface area contributed by atoms with Gasteiger partial charge in [0.2, 0.25) is 0 Å². The Morgan fingerprint density at radius 1 is 1.58 bits per heavy atom. The fourth-order valence-electron chi connectivity index (χ4n) is 2.77. The average Bonchev–Trinajstić information content (AvgIpc) is 3.17. The molecule has 24 heavy (non-hydrogen) atoms. The fraction of sp³-hybridized carbons (Fsp3) is 0.438. The molecule has 1 atom stereocenters. The zero-order chi connectivity index (χ0) is 17.1. The van der Waals surface area contributed by atoms with E-state index in [1.165, 1.54) is 0 Å². The summed E-state index contributed by atoms with van der Waals surface area (Å²) in [7, 11) is 1.74. The molecule has 1 N–H and O–H groups in total. The van der Waals surface area contributed by atoms with E-state index in [2.05, 4.69) is 20.4 Å². The van der Waals surface area contributed by atoms with Crippen LogP contribution in [0.25, 0.3) is 0 Å². The average molecular weight is 350 g/mol. The molecule has 0 aromatic carbocycles. The molecule has 1 saturated heterocycles. The molecule has 1 aliphatic rings. The second-order valence-electron chi connectivity index (χ2n) is 5.97. The van der Waals surface area contributed by atoms with Crippen molar-refractivity contribution in [3.05, 3.63) is 40.9 Å². The smallest absolute Gasteiger partial charge is 0.317 e. The minimum Gasteiger partial charge on any atom is -0.361 e. The monoisotopic (exact) mass is 349 g/mol. The van der Waals surface area contributed by atoms with Gasteiger partial charge in [-0.15, -0.1) is 0 Å². The molecule has 0 saturated carbocycles. The number of carbonyl (C=O) groups is 1. The van der Waals surface area contributed by atoms with E-state index in [4.69, 9.17) is 16.1 Å². The van der Waals surface area contributed by atoms with Gasteiger partial charge in [0, 0.05) is 38.4 Å². The minimum atomic E-state index is -0.130. The lowest BCUT2D eigenvalue weighted by molar-refractivity contribution is 0.202. The predicted molar refractivity (Wildman–Crippen MR) is 91.1 cm³/mol. The second-order valence-corrected chi connectivity index (χ2v) is 6.38. The number of carbonyl (C=O) groups excluding carboxylic acids is 1. The first-order valence-electron chi connectivity index (χ1n) is 7.82. The van der Waals surface area contributed by atoms with Gasteiger partial charge >= 0.3 is 6.03 Å². The maximum Gasteiger partial charge on any atom is 0.317 e. The van der Waals surface area contributed by atoms with Crippen molar-refractivity contribution in [3.8, 4) is 0 Å². The van der Waals surface area contributed by atoms with Crippen molar-refractivity contribution in [1.29, 1.82) is 0 Å². The molecular weight excluding hydrogens is 330 g/mol. The summed E-state index contributed by atoms with van der Waals surface area (Å²) in [5.41, 5.74) is 0.735. The molecule has 0 bridgehead atoms. The van der Waals surface area contributed by atoms with Gasteiger partial charge in [-0.25, -0.2) is 9.78 Å². The molecule has 1 unspecified atom stereocenters. The van der Waals surface area contributed by atoms with Crippen LogP contribution in [0.15, 0.2) is 28.9 Å². The number of aryl methyl sites for hydroxylation is 1. The van der Waals surface area contributed by atoms with E-state index >= 15 is 0 Å². The van der Waals surface area contributed by atoms with E-state index in [0.717, 1.165) is 30.2 Å². The molecule has 3 heterocycles. The first-order chi connectivity index (χ1) is 11.5. The quantitative estimate of drug-likeness (QED) is 0.917. The van der Waals surface area contributed by atoms with Crippen molar-refractivity contribution >= 4 is 23.4 Å². The van der Waals surface area contributed by atoms with Crippen molar-refractivity contribution in [2.24, 2.45) is 0 Å². The molecule has 2 amide bonds. The Morgan fingerprint density at radius 3 is 3.12 bits per heavy atom. The van der Waals surface area contributed by atoms with E-state index in [1.54, 1.807) is 18.1 Å². The van der Waals surface area contributed by atoms with E-state index in [9.17, 15) is 4.79 Å². The Morgan fingerprint density at radius 2 is 2.42 bits per heavy atom. The van der Waals surface area contributed by atoms with Crippen molar-refractivity contribution in [1.82, 2.24) is 20.4 Å². The molecular formula is C16H20ClN5O2. The summed E-state index contributed by atoms with van der Waals surface area (Å²) in [5.74, 6) is 1.50. The number of rotatable bonds is 4. The van der Waals surface area contributed by atoms with E-state index < -0.39 is 0 Å². The number of nitrogens with zero attached hydrogens (tertiary/aromatic N) is 4. The highest BCUT2D eigenvalue weighted by Gasteiger charge is 2.27. The number of pyridine rings is 1. The van der Waals surface area contributed by atoms with Gasteiger partial charge in [-0.2, -0.15) is 0 Å². The largest absolute Gasteiger partial charge is 0.361 e. The van der Waals surface area contributed by atoms with Crippen LogP contribution in [0.1, 0.15) is 17.9 Å². The molecule has 0 radical (unpaired) electrons. The molecule has 0 aliphatic carbocycles. The second kappa shape index (κ2) is 7.09. The molecule has 1 aliphatic heterocycles. The number of halogens is 1. The van der Waals surface area contributed by atoms with Gasteiger partial charge in [-0.05, 0) is 25.5 Å². The van der Waals surface area contributed by atoms with Crippen LogP contribution in [-0.2, 0) is 6.54 Å². The Labute approximate surface area is 145 Å². The summed E-state index contributed by atoms with van der Waals surface area (Å²) < 4.78 is 5.02. The van der Waals surface area contributed by atoms with Gasteiger partial charge in [0.05, 0.1) is 11.6 Å². The van der Waals surface area contributed by atoms with Crippen LogP contribution in [-0.4, -0.2) is 47.3 Å². The van der Waals surface area contributed by atoms with Gasteiger partial charge in [-0.1, -0.05) is 16.8 Å². The fourth-order valence-corrected chi connectivity index (χ4v) is 3.01. The summed E-state index contributed by atoms with van der Waals surface area (Å²) in [6, 6.07) is 5.39. The molecule has 3 rings (SSSR count). The molecule has 2 aromatic heterocycles. The van der Waals surface area contributed by atoms with E-state index in [0.29, 0.717) is 18.1 Å². The third-order valence-corrected chi connectivity index (χ3v) is 4.27. The molecule has 0 spiro atoms. The Kier molecular flexibility index (Phi) is 4.89. The van der Waals surface area contributed by atoms with Crippen molar-refractivity contribution in [2.75, 3.05) is 25.0 Å². The first kappa shape index (κ1) is 16.6. The third-order valence-electron chi connectivity index (χ3n) is 3.98. The Balaban J connectivity index is 1.53. The zero-order valence-corrected chi connectivity index (χ0v) is 14.5. The first-order valence-corrected chi connectivity index (χ1v) is 8.20. The highest BCUT2D eigenvalue weighted by Crippen LogP contribution is 2.25. The lowest BCUT2D eigenvalue weighted by atomic mass is 10.3. The van der Waals surface area contributed by atoms with Crippen molar-refractivity contribution in [2.45, 2.75) is 25.9 Å². The lowest BCUT2D eigenvalue weighted by Gasteiger charge is -2.21. The normalized spacial score (nSPS) is 17.1. The number of hydrogen-bond donors (Lipinski definition) is 1. The maximum atomic E-state index is 12.3. The van der Waals surface area contributed by atoms with Crippen LogP contribution in [0.2, 0.25) is 5.02 Å². The van der Waals surface area contributed by atoms with Gasteiger partial charge in [0.25, 0.3) is 0 Å². The summed E-state index contributed by atoms with van der Waals surface area (Å²) >= 11 is 6.18. The van der Waals surface area contributed by atoms with Gasteiger partial charge in [-0.3, -0.25) is 0 Å². The van der Waals surface area contributed by atoms with Gasteiger partial charge in [0.1, 0.15) is 17.3 Å². The van der Waals surface area contributed by atoms with Crippen LogP contribution >= 0.6 is 11.6 Å². The topological polar surface area (TPSA) is 74.5 Å². The van der Waals surface area contributed by atoms with Crippen LogP contribution in [0, 0.1) is 6.92 Å². The molecule has 128 valence electrons. The number of anilines is 1. The maximum absolute atomic E-state index is 12.3. The molecule has 1 fully saturated rings. The van der Waals surface area contributed by atoms with E-state index in [1.807, 2.05) is 25.1 Å². The molecule has 2 aromatic rings. The SMILES string of the molecule is Cc1cc(CN(C)C(=O)NC2CCN(c3ncccc3Cl)C2)no1. The number of hydrogen-bond acceptors (Lipinski definition) is 5. The van der Waals surface area contributed by atoms with Gasteiger partial charge < -0.3 is 19.6 Å². The third kappa shape index (κ3) is 3.79. The number of urea groups is 1. The van der Waals surface area contributed by atoms with Crippen LogP contribution in [0.3, 0.4) is 0 Å². The zero-order valence-electron chi connectivity index (χ0n) is 13.7.